The Morgan fingerprint density at radius 3 is 2.79 bits per heavy atom. The molecule has 2 N–H and O–H groups in total. The molecule has 124 valence electrons. The van der Waals surface area contributed by atoms with Gasteiger partial charge in [0.1, 0.15) is 0 Å². The average Bonchev–Trinajstić information content (AvgIpc) is 3.17. The first-order valence-corrected chi connectivity index (χ1v) is 8.16. The normalized spacial score (nSPS) is 14.1. The van der Waals surface area contributed by atoms with Gasteiger partial charge in [0, 0.05) is 24.7 Å². The van der Waals surface area contributed by atoms with Crippen molar-refractivity contribution in [3.63, 3.8) is 0 Å². The number of nitrogens with zero attached hydrogens (tertiary/aromatic N) is 2. The lowest BCUT2D eigenvalue weighted by Gasteiger charge is -2.12. The van der Waals surface area contributed by atoms with Crippen molar-refractivity contribution < 1.29 is 18.9 Å². The number of thioether (sulfide) groups is 1. The van der Waals surface area contributed by atoms with Crippen LogP contribution in [0.3, 0.4) is 0 Å². The Hall–Kier alpha value is -2.81. The molecule has 1 aliphatic rings. The number of amides is 4. The molecule has 0 radical (unpaired) electrons. The summed E-state index contributed by atoms with van der Waals surface area (Å²) in [5.41, 5.74) is 0.849. The van der Waals surface area contributed by atoms with Gasteiger partial charge in [-0.05, 0) is 0 Å². The zero-order valence-electron chi connectivity index (χ0n) is 12.5. The third kappa shape index (κ3) is 3.74. The van der Waals surface area contributed by atoms with Crippen LogP contribution in [-0.4, -0.2) is 46.1 Å². The second-order valence-corrected chi connectivity index (χ2v) is 5.85. The molecule has 0 bridgehead atoms. The van der Waals surface area contributed by atoms with Crippen LogP contribution in [0.5, 0.6) is 0 Å². The van der Waals surface area contributed by atoms with Gasteiger partial charge in [0.25, 0.3) is 5.24 Å². The predicted octanol–water partition coefficient (Wildman–Crippen LogP) is 2.16. The summed E-state index contributed by atoms with van der Waals surface area (Å²) in [5, 5.41) is 8.58. The van der Waals surface area contributed by atoms with E-state index in [9.17, 15) is 14.4 Å². The number of carbonyl (C=O) groups is 3. The van der Waals surface area contributed by atoms with Crippen molar-refractivity contribution >= 4 is 34.8 Å². The molecule has 2 heterocycles. The molecular weight excluding hydrogens is 332 g/mol. The van der Waals surface area contributed by atoms with Crippen LogP contribution in [0.2, 0.25) is 0 Å². The van der Waals surface area contributed by atoms with Gasteiger partial charge >= 0.3 is 6.03 Å². The minimum Gasteiger partial charge on any atom is -0.354 e. The summed E-state index contributed by atoms with van der Waals surface area (Å²) >= 11 is 0.962. The van der Waals surface area contributed by atoms with E-state index in [2.05, 4.69) is 15.8 Å². The lowest BCUT2D eigenvalue weighted by molar-refractivity contribution is -0.124. The van der Waals surface area contributed by atoms with Crippen LogP contribution < -0.4 is 10.6 Å². The van der Waals surface area contributed by atoms with Crippen molar-refractivity contribution in [2.75, 3.05) is 24.2 Å². The largest absolute Gasteiger partial charge is 0.354 e. The molecule has 0 unspecified atom stereocenters. The van der Waals surface area contributed by atoms with E-state index < -0.39 is 6.03 Å². The summed E-state index contributed by atoms with van der Waals surface area (Å²) in [6.07, 6.45) is 0. The first-order valence-electron chi connectivity index (χ1n) is 7.17. The van der Waals surface area contributed by atoms with E-state index in [1.165, 1.54) is 0 Å². The minimum atomic E-state index is -0.491. The van der Waals surface area contributed by atoms with Crippen LogP contribution in [0.4, 0.5) is 15.4 Å². The Morgan fingerprint density at radius 1 is 1.29 bits per heavy atom. The molecular formula is C15H14N4O4S. The maximum absolute atomic E-state index is 11.8. The Labute approximate surface area is 141 Å². The smallest absolute Gasteiger partial charge is 0.320 e. The van der Waals surface area contributed by atoms with Crippen LogP contribution in [-0.2, 0) is 4.79 Å². The van der Waals surface area contributed by atoms with E-state index in [-0.39, 0.29) is 35.8 Å². The third-order valence-corrected chi connectivity index (χ3v) is 4.13. The molecule has 1 saturated heterocycles. The number of aromatic nitrogens is 1. The number of benzene rings is 1. The number of nitrogens with one attached hydrogen (secondary N) is 2. The lowest BCUT2D eigenvalue weighted by atomic mass is 10.2. The minimum absolute atomic E-state index is 0.145. The molecule has 24 heavy (non-hydrogen) atoms. The molecule has 1 aromatic heterocycles. The molecule has 8 nitrogen and oxygen atoms in total. The number of anilines is 1. The van der Waals surface area contributed by atoms with Crippen molar-refractivity contribution in [2.45, 2.75) is 0 Å². The fraction of sp³-hybridized carbons (Fsp3) is 0.200. The van der Waals surface area contributed by atoms with Crippen molar-refractivity contribution in [1.82, 2.24) is 15.4 Å². The molecule has 1 aliphatic heterocycles. The molecule has 0 saturated carbocycles. The van der Waals surface area contributed by atoms with Crippen LogP contribution in [0, 0.1) is 0 Å². The summed E-state index contributed by atoms with van der Waals surface area (Å²) in [4.78, 5) is 35.7. The van der Waals surface area contributed by atoms with E-state index >= 15 is 0 Å². The van der Waals surface area contributed by atoms with Crippen LogP contribution in [0.15, 0.2) is 40.9 Å². The molecule has 3 rings (SSSR count). The van der Waals surface area contributed by atoms with Gasteiger partial charge in [-0.1, -0.05) is 47.3 Å². The van der Waals surface area contributed by atoms with Crippen molar-refractivity contribution in [3.8, 4) is 11.3 Å². The quantitative estimate of drug-likeness (QED) is 0.860. The van der Waals surface area contributed by atoms with Gasteiger partial charge in [0.2, 0.25) is 5.91 Å². The standard InChI is InChI=1S/C15H14N4O4S/c20-13-9-24-15(22)19(13)7-6-16-14(21)17-12-8-11(23-18-12)10-4-2-1-3-5-10/h1-5,8H,6-7,9H2,(H2,16,17,18,21). The van der Waals surface area contributed by atoms with Gasteiger partial charge < -0.3 is 9.84 Å². The second-order valence-electron chi connectivity index (χ2n) is 4.92. The highest BCUT2D eigenvalue weighted by molar-refractivity contribution is 8.14. The molecule has 0 atom stereocenters. The summed E-state index contributed by atoms with van der Waals surface area (Å²) < 4.78 is 5.17. The number of hydrogen-bond acceptors (Lipinski definition) is 6. The number of imide groups is 1. The SMILES string of the molecule is O=C(NCCN1C(=O)CSC1=O)Nc1cc(-c2ccccc2)on1. The molecule has 4 amide bonds. The molecule has 1 fully saturated rings. The summed E-state index contributed by atoms with van der Waals surface area (Å²) in [6.45, 7) is 0.305. The monoisotopic (exact) mass is 346 g/mol. The first-order chi connectivity index (χ1) is 11.6. The van der Waals surface area contributed by atoms with Crippen LogP contribution >= 0.6 is 11.8 Å². The Bertz CT molecular complexity index is 746. The molecule has 0 aliphatic carbocycles. The highest BCUT2D eigenvalue weighted by Gasteiger charge is 2.29. The highest BCUT2D eigenvalue weighted by Crippen LogP contribution is 2.21. The number of carbonyl (C=O) groups excluding carboxylic acids is 3. The maximum atomic E-state index is 11.8. The van der Waals surface area contributed by atoms with Gasteiger partial charge in [-0.25, -0.2) is 4.79 Å². The van der Waals surface area contributed by atoms with Gasteiger partial charge in [0.15, 0.2) is 11.6 Å². The first kappa shape index (κ1) is 16.1. The summed E-state index contributed by atoms with van der Waals surface area (Å²) in [6, 6.07) is 10.5. The fourth-order valence-corrected chi connectivity index (χ4v) is 2.86. The van der Waals surface area contributed by atoms with Gasteiger partial charge in [-0.2, -0.15) is 0 Å². The highest BCUT2D eigenvalue weighted by atomic mass is 32.2. The zero-order valence-corrected chi connectivity index (χ0v) is 13.3. The van der Waals surface area contributed by atoms with Gasteiger partial charge in [-0.3, -0.25) is 19.8 Å². The summed E-state index contributed by atoms with van der Waals surface area (Å²) in [7, 11) is 0. The second kappa shape index (κ2) is 7.18. The van der Waals surface area contributed by atoms with Crippen molar-refractivity contribution in [1.29, 1.82) is 0 Å². The van der Waals surface area contributed by atoms with E-state index in [0.29, 0.717) is 5.76 Å². The third-order valence-electron chi connectivity index (χ3n) is 3.27. The van der Waals surface area contributed by atoms with Gasteiger partial charge in [0.05, 0.1) is 5.75 Å². The van der Waals surface area contributed by atoms with E-state index in [1.54, 1.807) is 6.07 Å². The lowest BCUT2D eigenvalue weighted by Crippen LogP contribution is -2.39. The zero-order chi connectivity index (χ0) is 16.9. The number of rotatable bonds is 5. The maximum Gasteiger partial charge on any atom is 0.320 e. The van der Waals surface area contributed by atoms with Crippen LogP contribution in [0.25, 0.3) is 11.3 Å². The summed E-state index contributed by atoms with van der Waals surface area (Å²) in [5.74, 6) is 0.731. The molecule has 2 aromatic rings. The topological polar surface area (TPSA) is 105 Å². The Morgan fingerprint density at radius 2 is 2.08 bits per heavy atom. The van der Waals surface area contributed by atoms with E-state index in [0.717, 1.165) is 22.2 Å². The fourth-order valence-electron chi connectivity index (χ4n) is 2.11. The van der Waals surface area contributed by atoms with Crippen molar-refractivity contribution in [2.24, 2.45) is 0 Å². The number of hydrogen-bond donors (Lipinski definition) is 2. The molecule has 9 heteroatoms. The van der Waals surface area contributed by atoms with Crippen LogP contribution in [0.1, 0.15) is 0 Å². The van der Waals surface area contributed by atoms with Gasteiger partial charge in [-0.15, -0.1) is 0 Å². The van der Waals surface area contributed by atoms with E-state index in [4.69, 9.17) is 4.52 Å². The Balaban J connectivity index is 1.48. The van der Waals surface area contributed by atoms with Crippen molar-refractivity contribution in [3.05, 3.63) is 36.4 Å². The average molecular weight is 346 g/mol. The molecule has 0 spiro atoms. The Kier molecular flexibility index (Phi) is 4.80. The molecule has 1 aromatic carbocycles. The van der Waals surface area contributed by atoms with E-state index in [1.807, 2.05) is 30.3 Å². The number of urea groups is 1. The predicted molar refractivity (Wildman–Crippen MR) is 88.5 cm³/mol.